The molecule has 1 saturated heterocycles. The first-order valence-corrected chi connectivity index (χ1v) is 21.9. The lowest BCUT2D eigenvalue weighted by Crippen LogP contribution is -2.60. The number of aromatic amines is 4. The van der Waals surface area contributed by atoms with Crippen LogP contribution in [-0.2, 0) is 56.1 Å². The molecular formula is C47H60N6O8. The molecule has 2 aliphatic heterocycles. The molecule has 7 rings (SSSR count). The van der Waals surface area contributed by atoms with Crippen LogP contribution in [0.5, 0.6) is 5.75 Å². The van der Waals surface area contributed by atoms with E-state index in [0.717, 1.165) is 111 Å². The summed E-state index contributed by atoms with van der Waals surface area (Å²) in [7, 11) is 0. The number of rotatable bonds is 13. The van der Waals surface area contributed by atoms with Crippen LogP contribution in [0.2, 0.25) is 0 Å². The fraction of sp³-hybridized carbons (Fsp3) is 0.468. The van der Waals surface area contributed by atoms with Gasteiger partial charge < -0.3 is 49.8 Å². The minimum atomic E-state index is -1.75. The van der Waals surface area contributed by atoms with Crippen molar-refractivity contribution in [2.24, 2.45) is 4.99 Å². The van der Waals surface area contributed by atoms with Crippen molar-refractivity contribution >= 4 is 29.2 Å². The van der Waals surface area contributed by atoms with E-state index in [1.807, 2.05) is 0 Å². The third kappa shape index (κ3) is 7.58. The van der Waals surface area contributed by atoms with Crippen molar-refractivity contribution in [1.82, 2.24) is 19.9 Å². The van der Waals surface area contributed by atoms with Crippen molar-refractivity contribution in [1.29, 1.82) is 0 Å². The fourth-order valence-electron chi connectivity index (χ4n) is 9.65. The number of hydrogen-bond acceptors (Lipinski definition) is 9. The second-order valence-electron chi connectivity index (χ2n) is 15.8. The first-order valence-electron chi connectivity index (χ1n) is 21.9. The molecule has 0 aliphatic carbocycles. The summed E-state index contributed by atoms with van der Waals surface area (Å²) < 4.78 is 11.5. The van der Waals surface area contributed by atoms with Gasteiger partial charge in [0.15, 0.2) is 5.75 Å². The molecule has 0 amide bonds. The molecule has 8 N–H and O–H groups in total. The topological polar surface area (TPSA) is 218 Å². The van der Waals surface area contributed by atoms with Crippen molar-refractivity contribution < 1.29 is 34.8 Å². The van der Waals surface area contributed by atoms with Crippen molar-refractivity contribution in [3.8, 4) is 5.75 Å². The molecule has 5 atom stereocenters. The van der Waals surface area contributed by atoms with Gasteiger partial charge in [0.05, 0.1) is 22.6 Å². The van der Waals surface area contributed by atoms with Crippen LogP contribution >= 0.6 is 0 Å². The Labute approximate surface area is 354 Å². The highest BCUT2D eigenvalue weighted by molar-refractivity contribution is 5.83. The second-order valence-corrected chi connectivity index (χ2v) is 15.8. The van der Waals surface area contributed by atoms with Gasteiger partial charge in [-0.3, -0.25) is 10.1 Å². The Kier molecular flexibility index (Phi) is 12.9. The molecule has 0 radical (unpaired) electrons. The summed E-state index contributed by atoms with van der Waals surface area (Å²) in [5.74, 6) is 0.634. The highest BCUT2D eigenvalue weighted by Crippen LogP contribution is 2.37. The maximum atomic E-state index is 12.9. The molecule has 61 heavy (non-hydrogen) atoms. The lowest BCUT2D eigenvalue weighted by Gasteiger charge is -2.39. The lowest BCUT2D eigenvalue weighted by molar-refractivity contribution is -0.387. The van der Waals surface area contributed by atoms with Crippen LogP contribution in [0, 0.1) is 10.1 Å². The lowest BCUT2D eigenvalue weighted by atomic mass is 9.93. The van der Waals surface area contributed by atoms with Crippen molar-refractivity contribution in [2.45, 2.75) is 137 Å². The van der Waals surface area contributed by atoms with Crippen molar-refractivity contribution in [3.63, 3.8) is 0 Å². The van der Waals surface area contributed by atoms with E-state index in [2.05, 4.69) is 87.5 Å². The third-order valence-electron chi connectivity index (χ3n) is 12.6. The Morgan fingerprint density at radius 1 is 0.689 bits per heavy atom. The van der Waals surface area contributed by atoms with E-state index in [0.29, 0.717) is 18.4 Å². The van der Waals surface area contributed by atoms with Gasteiger partial charge in [-0.15, -0.1) is 0 Å². The smallest absolute Gasteiger partial charge is 0.311 e. The van der Waals surface area contributed by atoms with Crippen molar-refractivity contribution in [3.05, 3.63) is 117 Å². The highest BCUT2D eigenvalue weighted by atomic mass is 16.7. The van der Waals surface area contributed by atoms with Crippen LogP contribution in [0.3, 0.4) is 0 Å². The number of aliphatic hydroxyl groups excluding tert-OH is 4. The molecule has 326 valence electrons. The van der Waals surface area contributed by atoms with Crippen LogP contribution in [0.4, 0.5) is 11.5 Å². The number of ether oxygens (including phenoxy) is 2. The molecule has 0 saturated carbocycles. The number of aliphatic hydroxyl groups is 4. The minimum absolute atomic E-state index is 0.212. The number of nitrogens with zero attached hydrogens (tertiary/aromatic N) is 2. The average Bonchev–Trinajstić information content (AvgIpc) is 3.99. The summed E-state index contributed by atoms with van der Waals surface area (Å²) >= 11 is 0. The quantitative estimate of drug-likeness (QED) is 0.0632. The number of H-pyrrole nitrogens is 4. The van der Waals surface area contributed by atoms with E-state index in [1.54, 1.807) is 6.07 Å². The van der Waals surface area contributed by atoms with Gasteiger partial charge in [-0.2, -0.15) is 0 Å². The highest BCUT2D eigenvalue weighted by Gasteiger charge is 2.45. The van der Waals surface area contributed by atoms with Crippen LogP contribution in [0.15, 0.2) is 23.2 Å². The van der Waals surface area contributed by atoms with Gasteiger partial charge in [-0.1, -0.05) is 61.5 Å². The van der Waals surface area contributed by atoms with Crippen LogP contribution in [0.25, 0.3) is 17.7 Å². The van der Waals surface area contributed by atoms with E-state index in [-0.39, 0.29) is 5.75 Å². The maximum absolute atomic E-state index is 12.9. The van der Waals surface area contributed by atoms with E-state index in [9.17, 15) is 30.5 Å². The molecular weight excluding hydrogens is 777 g/mol. The van der Waals surface area contributed by atoms with Gasteiger partial charge in [0.25, 0.3) is 0 Å². The predicted octanol–water partition coefficient (Wildman–Crippen LogP) is 3.75. The zero-order chi connectivity index (χ0) is 43.9. The number of aromatic nitrogens is 4. The average molecular weight is 837 g/mol. The molecule has 2 aliphatic rings. The monoisotopic (exact) mass is 836 g/mol. The Morgan fingerprint density at radius 3 is 1.85 bits per heavy atom. The number of nitrogens with one attached hydrogen (secondary N) is 4. The molecule has 1 fully saturated rings. The molecule has 8 bridgehead atoms. The normalized spacial score (nSPS) is 20.0. The molecule has 6 heterocycles. The van der Waals surface area contributed by atoms with E-state index in [4.69, 9.17) is 14.5 Å². The number of nitro benzene ring substituents is 1. The molecule has 4 aromatic heterocycles. The third-order valence-corrected chi connectivity index (χ3v) is 12.6. The summed E-state index contributed by atoms with van der Waals surface area (Å²) in [5, 5.41) is 57.0. The summed E-state index contributed by atoms with van der Waals surface area (Å²) in [5.41, 5.74) is 13.8. The minimum Gasteiger partial charge on any atom is -0.455 e. The van der Waals surface area contributed by atoms with Gasteiger partial charge in [0.2, 0.25) is 6.29 Å². The van der Waals surface area contributed by atoms with Gasteiger partial charge in [0, 0.05) is 33.7 Å². The standard InChI is InChI=1S/C47H60N6O8/c1-9-24-28(13-5)40-39(23-17-18-37(36(19-23)53(58)59)60-47-44(57)43(56)42(55)38(22-54)61-47)41-29(14-6)25(10-2)33(49-41)21-35-27(12-4)31(16-8)46(51-35)52-45-30(15-7)26(11-3)34(50-45)20-32(24)48-40/h17-21,38,42-44,47-49,54-57H,9-16,22H2,1-8H3,(H2,50,51,52)/t38-,42+,43+,44-,47-/m1/s1. The Hall–Kier alpha value is -5.25. The Balaban J connectivity index is 1.60. The van der Waals surface area contributed by atoms with Gasteiger partial charge in [-0.05, 0) is 120 Å². The zero-order valence-electron chi connectivity index (χ0n) is 36.5. The Bertz CT molecular complexity index is 2700. The van der Waals surface area contributed by atoms with Crippen LogP contribution < -0.4 is 26.3 Å². The van der Waals surface area contributed by atoms with Gasteiger partial charge in [0.1, 0.15) is 35.7 Å². The first kappa shape index (κ1) is 43.8. The van der Waals surface area contributed by atoms with E-state index in [1.165, 1.54) is 34.4 Å². The SMILES string of the molecule is CCc1c2[nH]c(c1CC)N=c1[nH]c(c(CC)c1CC)=Cc1[nH]c(c(CC)c1CC)C(c1ccc(O[C@@H]3O[C@H](CO)[C@H](O)[C@H](O)[C@H]3O)c([N+](=O)[O-])c1)=c1[nH]c(c(CC)c1CC)=C2. The Morgan fingerprint density at radius 2 is 1.26 bits per heavy atom. The van der Waals surface area contributed by atoms with Gasteiger partial charge >= 0.3 is 5.69 Å². The summed E-state index contributed by atoms with van der Waals surface area (Å²) in [6.45, 7) is 16.5. The summed E-state index contributed by atoms with van der Waals surface area (Å²) in [6, 6.07) is 4.70. The molecule has 0 spiro atoms. The molecule has 0 unspecified atom stereocenters. The molecule has 1 aromatic carbocycles. The zero-order valence-corrected chi connectivity index (χ0v) is 36.5. The summed E-state index contributed by atoms with van der Waals surface area (Å²) in [6.07, 6.45) is 2.53. The van der Waals surface area contributed by atoms with Gasteiger partial charge in [-0.25, -0.2) is 4.99 Å². The van der Waals surface area contributed by atoms with Crippen LogP contribution in [0.1, 0.15) is 123 Å². The molecule has 5 aromatic rings. The van der Waals surface area contributed by atoms with Crippen LogP contribution in [-0.4, -0.2) is 82.6 Å². The maximum Gasteiger partial charge on any atom is 0.311 e. The van der Waals surface area contributed by atoms with E-state index >= 15 is 0 Å². The number of benzene rings is 1. The van der Waals surface area contributed by atoms with E-state index < -0.39 is 47.9 Å². The molecule has 14 heteroatoms. The second kappa shape index (κ2) is 18.0. The number of hydrogen-bond donors (Lipinski definition) is 8. The largest absolute Gasteiger partial charge is 0.455 e. The fourth-order valence-corrected chi connectivity index (χ4v) is 9.65. The number of nitro groups is 1. The molecule has 14 nitrogen and oxygen atoms in total. The number of fused-ring (bicyclic) bond motifs is 8. The predicted molar refractivity (Wildman–Crippen MR) is 234 cm³/mol. The summed E-state index contributed by atoms with van der Waals surface area (Å²) in [4.78, 5) is 32.8. The first-order chi connectivity index (χ1) is 29.4. The van der Waals surface area contributed by atoms with Crippen molar-refractivity contribution in [2.75, 3.05) is 6.61 Å².